The normalized spacial score (nSPS) is 26.5. The van der Waals surface area contributed by atoms with E-state index in [-0.39, 0.29) is 12.1 Å². The molecular formula is C32H34F2N4O2. The average Bonchev–Trinajstić information content (AvgIpc) is 3.87. The van der Waals surface area contributed by atoms with Gasteiger partial charge in [0.25, 0.3) is 0 Å². The Morgan fingerprint density at radius 3 is 1.35 bits per heavy atom. The fourth-order valence-corrected chi connectivity index (χ4v) is 6.16. The van der Waals surface area contributed by atoms with Crippen molar-refractivity contribution in [1.29, 1.82) is 0 Å². The fourth-order valence-electron chi connectivity index (χ4n) is 6.16. The van der Waals surface area contributed by atoms with Gasteiger partial charge in [-0.2, -0.15) is 10.2 Å². The van der Waals surface area contributed by atoms with E-state index in [1.807, 2.05) is 60.7 Å². The average molecular weight is 545 g/mol. The number of aliphatic hydroxyl groups is 2. The molecule has 0 saturated heterocycles. The van der Waals surface area contributed by atoms with E-state index in [1.165, 1.54) is 0 Å². The van der Waals surface area contributed by atoms with Crippen molar-refractivity contribution in [2.24, 2.45) is 11.8 Å². The third kappa shape index (κ3) is 4.77. The Morgan fingerprint density at radius 1 is 0.625 bits per heavy atom. The second kappa shape index (κ2) is 10.2. The van der Waals surface area contributed by atoms with Gasteiger partial charge >= 0.3 is 0 Å². The molecule has 2 fully saturated rings. The van der Waals surface area contributed by atoms with Crippen molar-refractivity contribution in [2.75, 3.05) is 0 Å². The smallest absolute Gasteiger partial charge is 0.144 e. The molecule has 208 valence electrons. The highest BCUT2D eigenvalue weighted by molar-refractivity contribution is 5.29. The third-order valence-corrected chi connectivity index (χ3v) is 8.77. The monoisotopic (exact) mass is 544 g/mol. The molecule has 4 aromatic rings. The first-order chi connectivity index (χ1) is 19.5. The molecule has 0 spiro atoms. The molecule has 6 atom stereocenters. The summed E-state index contributed by atoms with van der Waals surface area (Å²) in [5.74, 6) is 0.637. The van der Waals surface area contributed by atoms with Crippen LogP contribution in [0.2, 0.25) is 0 Å². The number of halogens is 2. The first-order valence-corrected chi connectivity index (χ1v) is 14.4. The van der Waals surface area contributed by atoms with Crippen LogP contribution in [0.4, 0.5) is 8.78 Å². The molecule has 2 aromatic carbocycles. The number of fused-ring (bicyclic) bond motifs is 2. The molecule has 0 amide bonds. The van der Waals surface area contributed by atoms with E-state index in [0.717, 1.165) is 36.8 Å². The Hall–Kier alpha value is -3.36. The lowest BCUT2D eigenvalue weighted by molar-refractivity contribution is 0.147. The summed E-state index contributed by atoms with van der Waals surface area (Å²) in [6.07, 6.45) is 2.01. The maximum Gasteiger partial charge on any atom is 0.144 e. The van der Waals surface area contributed by atoms with Gasteiger partial charge in [0.05, 0.1) is 34.9 Å². The van der Waals surface area contributed by atoms with Crippen LogP contribution < -0.4 is 0 Å². The highest BCUT2D eigenvalue weighted by atomic mass is 19.1. The van der Waals surface area contributed by atoms with E-state index in [9.17, 15) is 19.0 Å². The molecule has 2 saturated carbocycles. The van der Waals surface area contributed by atoms with Crippen LogP contribution in [0, 0.1) is 11.8 Å². The minimum Gasteiger partial charge on any atom is -0.386 e. The summed E-state index contributed by atoms with van der Waals surface area (Å²) in [6.45, 7) is 0. The quantitative estimate of drug-likeness (QED) is 0.285. The SMILES string of the molecule is O[C@@H](c1cc2n(n1)[C@@H](c1ccccc1)C[C@H]2F)C1CC1.O[C@H](c1cc2n(n1)[C@@H](c1ccccc1)C[C@H]2F)C1CC1. The van der Waals surface area contributed by atoms with Crippen molar-refractivity contribution in [3.05, 3.63) is 107 Å². The maximum absolute atomic E-state index is 14.2. The molecule has 6 nitrogen and oxygen atoms in total. The standard InChI is InChI=1S/2C16H17FN2O/c2*17-12-8-14(10-4-2-1-3-5-10)19-15(12)9-13(18-19)16(20)11-6-7-11/h2*1-5,9,11-12,14,16,20H,6-8H2/t12-,14-,16+;12-,14-,16-/m11/s1. The molecule has 0 unspecified atom stereocenters. The lowest BCUT2D eigenvalue weighted by atomic mass is 10.0. The summed E-state index contributed by atoms with van der Waals surface area (Å²) in [7, 11) is 0. The van der Waals surface area contributed by atoms with Gasteiger partial charge in [-0.15, -0.1) is 0 Å². The molecule has 2 aliphatic carbocycles. The van der Waals surface area contributed by atoms with Gasteiger partial charge in [0.1, 0.15) is 24.6 Å². The third-order valence-electron chi connectivity index (χ3n) is 8.77. The van der Waals surface area contributed by atoms with E-state index in [1.54, 1.807) is 21.5 Å². The molecule has 2 N–H and O–H groups in total. The number of hydrogen-bond acceptors (Lipinski definition) is 4. The van der Waals surface area contributed by atoms with Crippen LogP contribution in [0.5, 0.6) is 0 Å². The number of rotatable bonds is 6. The fraction of sp³-hybridized carbons (Fsp3) is 0.438. The summed E-state index contributed by atoms with van der Waals surface area (Å²) < 4.78 is 31.9. The highest BCUT2D eigenvalue weighted by Crippen LogP contribution is 2.46. The van der Waals surface area contributed by atoms with Gasteiger partial charge < -0.3 is 10.2 Å². The summed E-state index contributed by atoms with van der Waals surface area (Å²) >= 11 is 0. The van der Waals surface area contributed by atoms with Crippen LogP contribution in [0.25, 0.3) is 0 Å². The predicted octanol–water partition coefficient (Wildman–Crippen LogP) is 6.66. The summed E-state index contributed by atoms with van der Waals surface area (Å²) in [6, 6.07) is 23.2. The molecule has 4 heterocycles. The first kappa shape index (κ1) is 25.6. The Morgan fingerprint density at radius 2 is 1.00 bits per heavy atom. The van der Waals surface area contributed by atoms with Crippen molar-refractivity contribution in [2.45, 2.75) is 75.2 Å². The molecule has 4 aliphatic rings. The Bertz CT molecular complexity index is 1350. The minimum atomic E-state index is -0.993. The molecule has 0 radical (unpaired) electrons. The second-order valence-electron chi connectivity index (χ2n) is 11.7. The van der Waals surface area contributed by atoms with Crippen molar-refractivity contribution in [3.8, 4) is 0 Å². The maximum atomic E-state index is 14.2. The van der Waals surface area contributed by atoms with Crippen molar-refractivity contribution in [1.82, 2.24) is 19.6 Å². The Balaban J connectivity index is 0.000000132. The molecule has 2 aromatic heterocycles. The number of hydrogen-bond donors (Lipinski definition) is 2. The lowest BCUT2D eigenvalue weighted by Gasteiger charge is -2.13. The van der Waals surface area contributed by atoms with Crippen LogP contribution >= 0.6 is 0 Å². The lowest BCUT2D eigenvalue weighted by Crippen LogP contribution is -2.09. The highest BCUT2D eigenvalue weighted by Gasteiger charge is 2.39. The van der Waals surface area contributed by atoms with Gasteiger partial charge in [-0.3, -0.25) is 9.36 Å². The van der Waals surface area contributed by atoms with Gasteiger partial charge in [-0.05, 0) is 60.8 Å². The zero-order valence-corrected chi connectivity index (χ0v) is 22.2. The zero-order valence-electron chi connectivity index (χ0n) is 22.2. The topological polar surface area (TPSA) is 76.1 Å². The van der Waals surface area contributed by atoms with Gasteiger partial charge in [0.15, 0.2) is 0 Å². The van der Waals surface area contributed by atoms with Crippen LogP contribution in [0.3, 0.4) is 0 Å². The molecule has 40 heavy (non-hydrogen) atoms. The molecule has 8 rings (SSSR count). The van der Waals surface area contributed by atoms with E-state index in [0.29, 0.717) is 47.5 Å². The Labute approximate surface area is 232 Å². The second-order valence-corrected chi connectivity index (χ2v) is 11.7. The summed E-state index contributed by atoms with van der Waals surface area (Å²) in [4.78, 5) is 0. The van der Waals surface area contributed by atoms with Crippen LogP contribution in [-0.4, -0.2) is 29.8 Å². The predicted molar refractivity (Wildman–Crippen MR) is 146 cm³/mol. The number of benzene rings is 2. The van der Waals surface area contributed by atoms with E-state index in [2.05, 4.69) is 10.2 Å². The van der Waals surface area contributed by atoms with Crippen molar-refractivity contribution < 1.29 is 19.0 Å². The summed E-state index contributed by atoms with van der Waals surface area (Å²) in [5, 5.41) is 29.3. The number of alkyl halides is 2. The van der Waals surface area contributed by atoms with E-state index < -0.39 is 24.6 Å². The first-order valence-electron chi connectivity index (χ1n) is 14.4. The Kier molecular flexibility index (Phi) is 6.55. The minimum absolute atomic E-state index is 0.0543. The van der Waals surface area contributed by atoms with Crippen LogP contribution in [0.15, 0.2) is 72.8 Å². The van der Waals surface area contributed by atoms with Crippen molar-refractivity contribution in [3.63, 3.8) is 0 Å². The molecule has 2 aliphatic heterocycles. The van der Waals surface area contributed by atoms with Gasteiger partial charge in [-0.25, -0.2) is 8.78 Å². The van der Waals surface area contributed by atoms with Gasteiger partial charge in [0, 0.05) is 12.8 Å². The van der Waals surface area contributed by atoms with Crippen LogP contribution in [0.1, 0.15) is 109 Å². The largest absolute Gasteiger partial charge is 0.386 e. The van der Waals surface area contributed by atoms with Gasteiger partial charge in [0.2, 0.25) is 0 Å². The van der Waals surface area contributed by atoms with Crippen LogP contribution in [-0.2, 0) is 0 Å². The zero-order chi connectivity index (χ0) is 27.4. The van der Waals surface area contributed by atoms with Gasteiger partial charge in [-0.1, -0.05) is 60.7 Å². The van der Waals surface area contributed by atoms with Crippen molar-refractivity contribution >= 4 is 0 Å². The molecular weight excluding hydrogens is 510 g/mol. The van der Waals surface area contributed by atoms with E-state index >= 15 is 0 Å². The molecule has 0 bridgehead atoms. The number of aliphatic hydroxyl groups excluding tert-OH is 2. The molecule has 8 heteroatoms. The summed E-state index contributed by atoms with van der Waals surface area (Å²) in [5.41, 5.74) is 4.62. The van der Waals surface area contributed by atoms with E-state index in [4.69, 9.17) is 0 Å². The number of nitrogens with zero attached hydrogens (tertiary/aromatic N) is 4. The number of aromatic nitrogens is 4.